The van der Waals surface area contributed by atoms with Gasteiger partial charge >= 0.3 is 0 Å². The van der Waals surface area contributed by atoms with Crippen LogP contribution in [0, 0.1) is 6.92 Å². The second-order valence-electron chi connectivity index (χ2n) is 4.37. The van der Waals surface area contributed by atoms with Crippen LogP contribution >= 0.6 is 0 Å². The van der Waals surface area contributed by atoms with E-state index in [1.165, 1.54) is 6.20 Å². The Kier molecular flexibility index (Phi) is 3.61. The number of aryl methyl sites for hydroxylation is 3. The molecule has 2 heterocycles. The van der Waals surface area contributed by atoms with E-state index in [2.05, 4.69) is 19.9 Å². The number of rotatable bonds is 5. The van der Waals surface area contributed by atoms with Gasteiger partial charge in [0.05, 0.1) is 0 Å². The van der Waals surface area contributed by atoms with Crippen molar-refractivity contribution in [1.29, 1.82) is 0 Å². The third-order valence-electron chi connectivity index (χ3n) is 2.75. The molecule has 0 unspecified atom stereocenters. The van der Waals surface area contributed by atoms with Crippen LogP contribution < -0.4 is 4.72 Å². The summed E-state index contributed by atoms with van der Waals surface area (Å²) in [6.45, 7) is 3.79. The molecule has 104 valence electrons. The number of nitrogens with zero attached hydrogens (tertiary/aromatic N) is 3. The third kappa shape index (κ3) is 2.95. The summed E-state index contributed by atoms with van der Waals surface area (Å²) < 4.78 is 28.2. The van der Waals surface area contributed by atoms with Crippen LogP contribution in [0.15, 0.2) is 17.3 Å². The molecule has 2 N–H and O–H groups in total. The second-order valence-corrected chi connectivity index (χ2v) is 6.00. The van der Waals surface area contributed by atoms with E-state index >= 15 is 0 Å². The molecule has 0 amide bonds. The van der Waals surface area contributed by atoms with Gasteiger partial charge in [-0.25, -0.2) is 4.98 Å². The van der Waals surface area contributed by atoms with Crippen LogP contribution in [0.4, 0.5) is 5.82 Å². The quantitative estimate of drug-likeness (QED) is 0.862. The molecule has 0 aliphatic carbocycles. The maximum Gasteiger partial charge on any atom is 0.282 e. The maximum absolute atomic E-state index is 12.1. The van der Waals surface area contributed by atoms with Crippen LogP contribution in [0.1, 0.15) is 24.9 Å². The summed E-state index contributed by atoms with van der Waals surface area (Å²) in [5.74, 6) is 0.917. The van der Waals surface area contributed by atoms with Crippen LogP contribution in [0.3, 0.4) is 0 Å². The Morgan fingerprint density at radius 2 is 2.21 bits per heavy atom. The molecule has 0 aliphatic rings. The fraction of sp³-hybridized carbons (Fsp3) is 0.455. The predicted molar refractivity (Wildman–Crippen MR) is 71.3 cm³/mol. The average Bonchev–Trinajstić information content (AvgIpc) is 2.88. The van der Waals surface area contributed by atoms with E-state index in [0.717, 1.165) is 18.5 Å². The van der Waals surface area contributed by atoms with Gasteiger partial charge in [0.15, 0.2) is 10.8 Å². The van der Waals surface area contributed by atoms with Crippen molar-refractivity contribution in [3.63, 3.8) is 0 Å². The number of H-pyrrole nitrogens is 1. The first-order valence-corrected chi connectivity index (χ1v) is 7.47. The van der Waals surface area contributed by atoms with Crippen molar-refractivity contribution in [2.75, 3.05) is 4.72 Å². The van der Waals surface area contributed by atoms with Gasteiger partial charge in [-0.05, 0) is 13.3 Å². The molecule has 0 bridgehead atoms. The van der Waals surface area contributed by atoms with E-state index in [1.54, 1.807) is 24.6 Å². The molecule has 0 fully saturated rings. The summed E-state index contributed by atoms with van der Waals surface area (Å²) in [6, 6.07) is 1.69. The van der Waals surface area contributed by atoms with Crippen molar-refractivity contribution in [1.82, 2.24) is 19.7 Å². The van der Waals surface area contributed by atoms with E-state index in [0.29, 0.717) is 5.82 Å². The summed E-state index contributed by atoms with van der Waals surface area (Å²) in [6.07, 6.45) is 3.27. The zero-order chi connectivity index (χ0) is 14.0. The van der Waals surface area contributed by atoms with Crippen molar-refractivity contribution in [2.24, 2.45) is 7.05 Å². The Hall–Kier alpha value is -1.83. The molecule has 0 aromatic carbocycles. The molecule has 0 saturated heterocycles. The van der Waals surface area contributed by atoms with Crippen LogP contribution in [0.25, 0.3) is 0 Å². The van der Waals surface area contributed by atoms with E-state index in [1.807, 2.05) is 6.92 Å². The molecule has 2 rings (SSSR count). The SMILES string of the molecule is CCCc1cc(NS(=O)(=O)c2cn(C)c(C)n2)n[nH]1. The molecule has 0 spiro atoms. The van der Waals surface area contributed by atoms with Crippen LogP contribution in [-0.4, -0.2) is 28.2 Å². The highest BCUT2D eigenvalue weighted by molar-refractivity contribution is 7.92. The van der Waals surface area contributed by atoms with Gasteiger partial charge in [0, 0.05) is 25.0 Å². The molecular formula is C11H17N5O2S. The fourth-order valence-corrected chi connectivity index (χ4v) is 2.69. The standard InChI is InChI=1S/C11H17N5O2S/c1-4-5-9-6-10(14-13-9)15-19(17,18)11-7-16(3)8(2)12-11/h6-7H,4-5H2,1-3H3,(H2,13,14,15). The topological polar surface area (TPSA) is 92.7 Å². The number of hydrogen-bond acceptors (Lipinski definition) is 4. The molecule has 7 nitrogen and oxygen atoms in total. The minimum absolute atomic E-state index is 0.00691. The summed E-state index contributed by atoms with van der Waals surface area (Å²) >= 11 is 0. The predicted octanol–water partition coefficient (Wildman–Crippen LogP) is 1.20. The van der Waals surface area contributed by atoms with E-state index in [-0.39, 0.29) is 10.8 Å². The highest BCUT2D eigenvalue weighted by Gasteiger charge is 2.19. The fourth-order valence-electron chi connectivity index (χ4n) is 1.66. The molecule has 0 aliphatic heterocycles. The average molecular weight is 283 g/mol. The number of sulfonamides is 1. The van der Waals surface area contributed by atoms with Crippen molar-refractivity contribution in [2.45, 2.75) is 31.7 Å². The van der Waals surface area contributed by atoms with Crippen LogP contribution in [0.2, 0.25) is 0 Å². The maximum atomic E-state index is 12.1. The van der Waals surface area contributed by atoms with Gasteiger partial charge in [-0.15, -0.1) is 0 Å². The van der Waals surface area contributed by atoms with Crippen LogP contribution in [-0.2, 0) is 23.5 Å². The number of aromatic amines is 1. The van der Waals surface area contributed by atoms with E-state index in [4.69, 9.17) is 0 Å². The van der Waals surface area contributed by atoms with Crippen LogP contribution in [0.5, 0.6) is 0 Å². The zero-order valence-corrected chi connectivity index (χ0v) is 12.0. The van der Waals surface area contributed by atoms with Gasteiger partial charge in [0.1, 0.15) is 5.82 Å². The number of hydrogen-bond donors (Lipinski definition) is 2. The van der Waals surface area contributed by atoms with Gasteiger partial charge in [0.25, 0.3) is 10.0 Å². The summed E-state index contributed by atoms with van der Waals surface area (Å²) in [5, 5.41) is 6.71. The molecule has 2 aromatic heterocycles. The summed E-state index contributed by atoms with van der Waals surface area (Å²) in [7, 11) is -1.94. The monoisotopic (exact) mass is 283 g/mol. The number of aromatic nitrogens is 4. The lowest BCUT2D eigenvalue weighted by atomic mass is 10.2. The van der Waals surface area contributed by atoms with Crippen molar-refractivity contribution in [3.8, 4) is 0 Å². The molecule has 0 radical (unpaired) electrons. The molecule has 0 saturated carbocycles. The van der Waals surface area contributed by atoms with Gasteiger partial charge in [-0.2, -0.15) is 13.5 Å². The zero-order valence-electron chi connectivity index (χ0n) is 11.1. The first-order valence-electron chi connectivity index (χ1n) is 5.99. The Balaban J connectivity index is 2.20. The van der Waals surface area contributed by atoms with Gasteiger partial charge < -0.3 is 4.57 Å². The molecule has 8 heteroatoms. The summed E-state index contributed by atoms with van der Waals surface area (Å²) in [5.41, 5.74) is 0.900. The lowest BCUT2D eigenvalue weighted by Gasteiger charge is -2.00. The van der Waals surface area contributed by atoms with Gasteiger partial charge in [0.2, 0.25) is 0 Å². The highest BCUT2D eigenvalue weighted by Crippen LogP contribution is 2.14. The van der Waals surface area contributed by atoms with Crippen molar-refractivity contribution >= 4 is 15.8 Å². The molecule has 0 atom stereocenters. The minimum Gasteiger partial charge on any atom is -0.337 e. The van der Waals surface area contributed by atoms with E-state index in [9.17, 15) is 8.42 Å². The Labute approximate surface area is 112 Å². The lowest BCUT2D eigenvalue weighted by molar-refractivity contribution is 0.597. The first kappa shape index (κ1) is 13.6. The van der Waals surface area contributed by atoms with Gasteiger partial charge in [-0.3, -0.25) is 9.82 Å². The number of imidazole rings is 1. The summed E-state index contributed by atoms with van der Waals surface area (Å²) in [4.78, 5) is 4.00. The normalized spacial score (nSPS) is 11.7. The Morgan fingerprint density at radius 3 is 2.79 bits per heavy atom. The number of nitrogens with one attached hydrogen (secondary N) is 2. The highest BCUT2D eigenvalue weighted by atomic mass is 32.2. The minimum atomic E-state index is -3.68. The lowest BCUT2D eigenvalue weighted by Crippen LogP contribution is -2.13. The van der Waals surface area contributed by atoms with Crippen molar-refractivity contribution in [3.05, 3.63) is 23.8 Å². The van der Waals surface area contributed by atoms with E-state index < -0.39 is 10.0 Å². The Bertz CT molecular complexity index is 652. The molecular weight excluding hydrogens is 266 g/mol. The Morgan fingerprint density at radius 1 is 1.47 bits per heavy atom. The smallest absolute Gasteiger partial charge is 0.282 e. The molecule has 2 aromatic rings. The third-order valence-corrected chi connectivity index (χ3v) is 3.98. The largest absolute Gasteiger partial charge is 0.337 e. The second kappa shape index (κ2) is 5.04. The number of anilines is 1. The van der Waals surface area contributed by atoms with Crippen molar-refractivity contribution < 1.29 is 8.42 Å². The first-order chi connectivity index (χ1) is 8.92. The van der Waals surface area contributed by atoms with Gasteiger partial charge in [-0.1, -0.05) is 13.3 Å². The molecule has 19 heavy (non-hydrogen) atoms.